The van der Waals surface area contributed by atoms with Crippen molar-refractivity contribution in [2.24, 2.45) is 5.92 Å². The summed E-state index contributed by atoms with van der Waals surface area (Å²) in [4.78, 5) is 26.0. The van der Waals surface area contributed by atoms with Gasteiger partial charge in [0, 0.05) is 38.4 Å². The molecule has 178 valence electrons. The van der Waals surface area contributed by atoms with E-state index >= 15 is 0 Å². The second-order valence-corrected chi connectivity index (χ2v) is 8.19. The first-order chi connectivity index (χ1) is 16.0. The number of benzene rings is 2. The zero-order chi connectivity index (χ0) is 23.6. The van der Waals surface area contributed by atoms with E-state index in [4.69, 9.17) is 9.47 Å². The predicted molar refractivity (Wildman–Crippen MR) is 127 cm³/mol. The van der Waals surface area contributed by atoms with Gasteiger partial charge >= 0.3 is 0 Å². The number of nitrogens with zero attached hydrogens (tertiary/aromatic N) is 2. The first-order valence-electron chi connectivity index (χ1n) is 11.1. The molecule has 1 aliphatic heterocycles. The number of methoxy groups -OCH3 is 2. The highest BCUT2D eigenvalue weighted by molar-refractivity contribution is 5.95. The number of likely N-dealkylation sites (tertiary alicyclic amines) is 1. The summed E-state index contributed by atoms with van der Waals surface area (Å²) < 4.78 is 10.2. The number of ether oxygens (including phenoxy) is 2. The smallest absolute Gasteiger partial charge is 0.293 e. The van der Waals surface area contributed by atoms with Gasteiger partial charge in [0.2, 0.25) is 0 Å². The summed E-state index contributed by atoms with van der Waals surface area (Å²) in [5, 5.41) is 17.3. The Morgan fingerprint density at radius 3 is 2.52 bits per heavy atom. The van der Waals surface area contributed by atoms with Gasteiger partial charge in [0.1, 0.15) is 11.4 Å². The van der Waals surface area contributed by atoms with Crippen molar-refractivity contribution in [3.05, 3.63) is 63.7 Å². The molecule has 0 aromatic heterocycles. The van der Waals surface area contributed by atoms with Gasteiger partial charge < -0.3 is 20.1 Å². The quantitative estimate of drug-likeness (QED) is 0.304. The van der Waals surface area contributed by atoms with Crippen LogP contribution in [0.2, 0.25) is 0 Å². The lowest BCUT2D eigenvalue weighted by molar-refractivity contribution is -0.384. The molecule has 0 unspecified atom stereocenters. The Morgan fingerprint density at radius 1 is 1.15 bits per heavy atom. The van der Waals surface area contributed by atoms with Gasteiger partial charge in [0.15, 0.2) is 0 Å². The lowest BCUT2D eigenvalue weighted by Crippen LogP contribution is -2.38. The third kappa shape index (κ3) is 7.16. The first kappa shape index (κ1) is 24.5. The fraction of sp³-hybridized carbons (Fsp3) is 0.458. The Bertz CT molecular complexity index is 927. The van der Waals surface area contributed by atoms with Crippen molar-refractivity contribution in [2.45, 2.75) is 19.4 Å². The van der Waals surface area contributed by atoms with Crippen molar-refractivity contribution in [2.75, 3.05) is 52.3 Å². The standard InChI is InChI=1S/C24H32N4O5/c1-32-14-11-25-22-8-5-20(15-23(22)28(30)31)24(29)26-16-18-9-12-27(13-10-18)17-19-3-6-21(33-2)7-4-19/h3-8,15,18,25H,9-14,16-17H2,1-2H3,(H,26,29). The molecule has 0 radical (unpaired) electrons. The van der Waals surface area contributed by atoms with E-state index in [1.54, 1.807) is 26.4 Å². The summed E-state index contributed by atoms with van der Waals surface area (Å²) >= 11 is 0. The number of nitro groups is 1. The zero-order valence-corrected chi connectivity index (χ0v) is 19.2. The molecule has 3 rings (SSSR count). The van der Waals surface area contributed by atoms with Crippen LogP contribution in [0.4, 0.5) is 11.4 Å². The number of carbonyl (C=O) groups is 1. The summed E-state index contributed by atoms with van der Waals surface area (Å²) in [5.74, 6) is 0.962. The van der Waals surface area contributed by atoms with Gasteiger partial charge in [-0.15, -0.1) is 0 Å². The monoisotopic (exact) mass is 456 g/mol. The Labute approximate surface area is 194 Å². The summed E-state index contributed by atoms with van der Waals surface area (Å²) in [5.41, 5.74) is 1.80. The number of nitrogens with one attached hydrogen (secondary N) is 2. The molecule has 2 aromatic rings. The van der Waals surface area contributed by atoms with Crippen molar-refractivity contribution in [3.8, 4) is 5.75 Å². The Hall–Kier alpha value is -3.17. The number of hydrogen-bond donors (Lipinski definition) is 2. The van der Waals surface area contributed by atoms with Crippen LogP contribution in [0.25, 0.3) is 0 Å². The van der Waals surface area contributed by atoms with E-state index in [1.165, 1.54) is 11.6 Å². The van der Waals surface area contributed by atoms with Crippen molar-refractivity contribution < 1.29 is 19.2 Å². The number of carbonyl (C=O) groups excluding carboxylic acids is 1. The SMILES string of the molecule is COCCNc1ccc(C(=O)NCC2CCN(Cc3ccc(OC)cc3)CC2)cc1[N+](=O)[O-]. The largest absolute Gasteiger partial charge is 0.497 e. The topological polar surface area (TPSA) is 106 Å². The van der Waals surface area contributed by atoms with Crippen LogP contribution in [-0.4, -0.2) is 62.7 Å². The maximum atomic E-state index is 12.6. The number of anilines is 1. The summed E-state index contributed by atoms with van der Waals surface area (Å²) in [6.07, 6.45) is 2.00. The normalized spacial score (nSPS) is 14.6. The number of piperidine rings is 1. The van der Waals surface area contributed by atoms with Gasteiger partial charge in [-0.05, 0) is 61.7 Å². The van der Waals surface area contributed by atoms with Crippen LogP contribution in [0.3, 0.4) is 0 Å². The van der Waals surface area contributed by atoms with E-state index in [2.05, 4.69) is 27.7 Å². The van der Waals surface area contributed by atoms with Gasteiger partial charge in [0.05, 0.1) is 18.6 Å². The maximum absolute atomic E-state index is 12.6. The molecule has 2 N–H and O–H groups in total. The molecule has 0 aliphatic carbocycles. The molecule has 1 fully saturated rings. The number of amides is 1. The molecule has 1 aliphatic rings. The molecular formula is C24H32N4O5. The number of rotatable bonds is 11. The van der Waals surface area contributed by atoms with E-state index in [-0.39, 0.29) is 17.2 Å². The van der Waals surface area contributed by atoms with Crippen LogP contribution in [-0.2, 0) is 11.3 Å². The average molecular weight is 457 g/mol. The zero-order valence-electron chi connectivity index (χ0n) is 19.2. The highest BCUT2D eigenvalue weighted by atomic mass is 16.6. The number of hydrogen-bond acceptors (Lipinski definition) is 7. The summed E-state index contributed by atoms with van der Waals surface area (Å²) in [6, 6.07) is 12.6. The van der Waals surface area contributed by atoms with E-state index < -0.39 is 4.92 Å². The van der Waals surface area contributed by atoms with Crippen LogP contribution in [0, 0.1) is 16.0 Å². The van der Waals surface area contributed by atoms with Crippen LogP contribution < -0.4 is 15.4 Å². The molecule has 0 spiro atoms. The lowest BCUT2D eigenvalue weighted by atomic mass is 9.96. The minimum absolute atomic E-state index is 0.120. The Balaban J connectivity index is 1.46. The molecule has 1 heterocycles. The van der Waals surface area contributed by atoms with Gasteiger partial charge in [-0.3, -0.25) is 19.8 Å². The van der Waals surface area contributed by atoms with Crippen molar-refractivity contribution in [3.63, 3.8) is 0 Å². The van der Waals surface area contributed by atoms with Crippen LogP contribution in [0.5, 0.6) is 5.75 Å². The molecule has 0 saturated carbocycles. The highest BCUT2D eigenvalue weighted by Gasteiger charge is 2.21. The fourth-order valence-corrected chi connectivity index (χ4v) is 3.94. The number of nitro benzene ring substituents is 1. The molecule has 0 atom stereocenters. The average Bonchev–Trinajstić information content (AvgIpc) is 2.84. The highest BCUT2D eigenvalue weighted by Crippen LogP contribution is 2.26. The van der Waals surface area contributed by atoms with Crippen molar-refractivity contribution in [1.29, 1.82) is 0 Å². The summed E-state index contributed by atoms with van der Waals surface area (Å²) in [6.45, 7) is 4.28. The van der Waals surface area contributed by atoms with E-state index in [9.17, 15) is 14.9 Å². The van der Waals surface area contributed by atoms with Crippen molar-refractivity contribution >= 4 is 17.3 Å². The second kappa shape index (κ2) is 12.2. The Morgan fingerprint density at radius 2 is 1.88 bits per heavy atom. The van der Waals surface area contributed by atoms with Gasteiger partial charge in [-0.2, -0.15) is 0 Å². The minimum Gasteiger partial charge on any atom is -0.497 e. The third-order valence-electron chi connectivity index (χ3n) is 5.90. The van der Waals surface area contributed by atoms with Crippen LogP contribution >= 0.6 is 0 Å². The molecule has 9 nitrogen and oxygen atoms in total. The second-order valence-electron chi connectivity index (χ2n) is 8.19. The molecule has 9 heteroatoms. The maximum Gasteiger partial charge on any atom is 0.293 e. The predicted octanol–water partition coefficient (Wildman–Crippen LogP) is 3.30. The minimum atomic E-state index is -0.482. The molecule has 0 bridgehead atoms. The van der Waals surface area contributed by atoms with Crippen molar-refractivity contribution in [1.82, 2.24) is 10.2 Å². The van der Waals surface area contributed by atoms with Gasteiger partial charge in [-0.1, -0.05) is 12.1 Å². The molecule has 2 aromatic carbocycles. The van der Waals surface area contributed by atoms with E-state index in [1.807, 2.05) is 12.1 Å². The van der Waals surface area contributed by atoms with Crippen LogP contribution in [0.15, 0.2) is 42.5 Å². The third-order valence-corrected chi connectivity index (χ3v) is 5.90. The lowest BCUT2D eigenvalue weighted by Gasteiger charge is -2.32. The molecule has 1 saturated heterocycles. The van der Waals surface area contributed by atoms with Gasteiger partial charge in [-0.25, -0.2) is 0 Å². The van der Waals surface area contributed by atoms with Gasteiger partial charge in [0.25, 0.3) is 11.6 Å². The van der Waals surface area contributed by atoms with E-state index in [0.29, 0.717) is 31.3 Å². The first-order valence-corrected chi connectivity index (χ1v) is 11.1. The molecule has 1 amide bonds. The Kier molecular flexibility index (Phi) is 9.03. The van der Waals surface area contributed by atoms with E-state index in [0.717, 1.165) is 38.2 Å². The molecular weight excluding hydrogens is 424 g/mol. The molecule has 33 heavy (non-hydrogen) atoms. The summed E-state index contributed by atoms with van der Waals surface area (Å²) in [7, 11) is 3.23. The van der Waals surface area contributed by atoms with Crippen LogP contribution in [0.1, 0.15) is 28.8 Å². The fourth-order valence-electron chi connectivity index (χ4n) is 3.94.